The summed E-state index contributed by atoms with van der Waals surface area (Å²) in [7, 11) is 1.58. The molecule has 0 unspecified atom stereocenters. The zero-order chi connectivity index (χ0) is 10.1. The predicted molar refractivity (Wildman–Crippen MR) is 51.3 cm³/mol. The number of aliphatic hydroxyl groups is 1. The monoisotopic (exact) mass is 193 g/mol. The van der Waals surface area contributed by atoms with Crippen LogP contribution >= 0.6 is 0 Å². The molecule has 1 aliphatic rings. The van der Waals surface area contributed by atoms with Gasteiger partial charge in [0.2, 0.25) is 0 Å². The van der Waals surface area contributed by atoms with Crippen LogP contribution in [0, 0.1) is 0 Å². The Hall–Kier alpha value is -1.55. The molecule has 2 rings (SSSR count). The van der Waals surface area contributed by atoms with Crippen molar-refractivity contribution in [1.82, 2.24) is 0 Å². The zero-order valence-electron chi connectivity index (χ0n) is 7.78. The molecular formula is C10H11NO3. The number of methoxy groups -OCH3 is 1. The van der Waals surface area contributed by atoms with Gasteiger partial charge in [-0.05, 0) is 23.8 Å². The van der Waals surface area contributed by atoms with Gasteiger partial charge in [0.15, 0.2) is 0 Å². The van der Waals surface area contributed by atoms with Gasteiger partial charge in [-0.3, -0.25) is 4.79 Å². The van der Waals surface area contributed by atoms with Gasteiger partial charge in [0.1, 0.15) is 11.9 Å². The lowest BCUT2D eigenvalue weighted by atomic mass is 10.0. The van der Waals surface area contributed by atoms with Gasteiger partial charge in [0.05, 0.1) is 7.11 Å². The standard InChI is InChI=1S/C10H11NO3/c1-14-7-2-3-8-6(4-7)5-9(12)10(13)11-8/h2-4,9,12H,5H2,1H3,(H,11,13)/t9-/m1/s1. The maximum absolute atomic E-state index is 11.1. The van der Waals surface area contributed by atoms with E-state index in [0.717, 1.165) is 17.0 Å². The van der Waals surface area contributed by atoms with Crippen LogP contribution in [0.15, 0.2) is 18.2 Å². The quantitative estimate of drug-likeness (QED) is 0.684. The number of rotatable bonds is 1. The molecule has 14 heavy (non-hydrogen) atoms. The number of carbonyl (C=O) groups excluding carboxylic acids is 1. The predicted octanol–water partition coefficient (Wildman–Crippen LogP) is 0.551. The summed E-state index contributed by atoms with van der Waals surface area (Å²) in [6, 6.07) is 5.37. The van der Waals surface area contributed by atoms with Crippen molar-refractivity contribution in [3.05, 3.63) is 23.8 Å². The van der Waals surface area contributed by atoms with E-state index in [0.29, 0.717) is 6.42 Å². The molecule has 4 heteroatoms. The van der Waals surface area contributed by atoms with Crippen molar-refractivity contribution in [2.75, 3.05) is 12.4 Å². The van der Waals surface area contributed by atoms with E-state index in [-0.39, 0.29) is 5.91 Å². The van der Waals surface area contributed by atoms with Crippen molar-refractivity contribution in [3.63, 3.8) is 0 Å². The second-order valence-electron chi connectivity index (χ2n) is 3.23. The van der Waals surface area contributed by atoms with E-state index >= 15 is 0 Å². The lowest BCUT2D eigenvalue weighted by molar-refractivity contribution is -0.124. The molecule has 2 N–H and O–H groups in total. The third-order valence-electron chi connectivity index (χ3n) is 2.29. The van der Waals surface area contributed by atoms with Gasteiger partial charge in [0.25, 0.3) is 5.91 Å². The number of hydrogen-bond acceptors (Lipinski definition) is 3. The summed E-state index contributed by atoms with van der Waals surface area (Å²) in [5.74, 6) is 0.384. The van der Waals surface area contributed by atoms with Crippen molar-refractivity contribution in [3.8, 4) is 5.75 Å². The van der Waals surface area contributed by atoms with Crippen LogP contribution in [0.25, 0.3) is 0 Å². The average molecular weight is 193 g/mol. The molecule has 0 fully saturated rings. The number of ether oxygens (including phenoxy) is 1. The van der Waals surface area contributed by atoms with Gasteiger partial charge in [-0.2, -0.15) is 0 Å². The lowest BCUT2D eigenvalue weighted by Gasteiger charge is -2.21. The van der Waals surface area contributed by atoms with E-state index in [1.54, 1.807) is 19.2 Å². The molecule has 0 bridgehead atoms. The maximum Gasteiger partial charge on any atom is 0.253 e. The van der Waals surface area contributed by atoms with Crippen LogP contribution in [0.3, 0.4) is 0 Å². The Balaban J connectivity index is 2.37. The zero-order valence-corrected chi connectivity index (χ0v) is 7.78. The van der Waals surface area contributed by atoms with Crippen LogP contribution in [-0.4, -0.2) is 24.2 Å². The van der Waals surface area contributed by atoms with E-state index in [4.69, 9.17) is 4.74 Å². The maximum atomic E-state index is 11.1. The largest absolute Gasteiger partial charge is 0.497 e. The van der Waals surface area contributed by atoms with Gasteiger partial charge >= 0.3 is 0 Å². The summed E-state index contributed by atoms with van der Waals surface area (Å²) in [6.45, 7) is 0. The van der Waals surface area contributed by atoms with Gasteiger partial charge in [-0.15, -0.1) is 0 Å². The first kappa shape index (κ1) is 9.02. The Morgan fingerprint density at radius 2 is 2.36 bits per heavy atom. The summed E-state index contributed by atoms with van der Waals surface area (Å²) in [5.41, 5.74) is 1.65. The van der Waals surface area contributed by atoms with Crippen LogP contribution < -0.4 is 10.1 Å². The van der Waals surface area contributed by atoms with Crippen molar-refractivity contribution < 1.29 is 14.6 Å². The van der Waals surface area contributed by atoms with Crippen molar-refractivity contribution in [2.24, 2.45) is 0 Å². The number of carbonyl (C=O) groups is 1. The molecule has 0 saturated heterocycles. The summed E-state index contributed by atoms with van der Waals surface area (Å²) in [4.78, 5) is 11.1. The van der Waals surface area contributed by atoms with E-state index in [2.05, 4.69) is 5.32 Å². The van der Waals surface area contributed by atoms with Crippen LogP contribution in [0.1, 0.15) is 5.56 Å². The first-order valence-corrected chi connectivity index (χ1v) is 4.36. The minimum absolute atomic E-state index is 0.345. The smallest absolute Gasteiger partial charge is 0.253 e. The van der Waals surface area contributed by atoms with Gasteiger partial charge in [-0.25, -0.2) is 0 Å². The Bertz CT molecular complexity index is 376. The Labute approximate surface area is 81.5 Å². The number of amides is 1. The highest BCUT2D eigenvalue weighted by molar-refractivity contribution is 5.97. The number of benzene rings is 1. The molecule has 1 aromatic carbocycles. The van der Waals surface area contributed by atoms with Gasteiger partial charge < -0.3 is 15.2 Å². The minimum atomic E-state index is -0.949. The first-order valence-electron chi connectivity index (χ1n) is 4.36. The molecule has 1 amide bonds. The number of hydrogen-bond donors (Lipinski definition) is 2. The van der Waals surface area contributed by atoms with Crippen molar-refractivity contribution in [2.45, 2.75) is 12.5 Å². The second kappa shape index (κ2) is 3.31. The Kier molecular flexibility index (Phi) is 2.13. The molecular weight excluding hydrogens is 182 g/mol. The van der Waals surface area contributed by atoms with Crippen LogP contribution in [-0.2, 0) is 11.2 Å². The Morgan fingerprint density at radius 3 is 3.07 bits per heavy atom. The first-order chi connectivity index (χ1) is 6.70. The average Bonchev–Trinajstić information content (AvgIpc) is 2.19. The van der Waals surface area contributed by atoms with E-state index in [1.807, 2.05) is 6.07 Å². The van der Waals surface area contributed by atoms with Gasteiger partial charge in [-0.1, -0.05) is 0 Å². The van der Waals surface area contributed by atoms with Crippen molar-refractivity contribution >= 4 is 11.6 Å². The van der Waals surface area contributed by atoms with Crippen LogP contribution in [0.4, 0.5) is 5.69 Å². The second-order valence-corrected chi connectivity index (χ2v) is 3.23. The molecule has 0 radical (unpaired) electrons. The Morgan fingerprint density at radius 1 is 1.57 bits per heavy atom. The van der Waals surface area contributed by atoms with Crippen LogP contribution in [0.2, 0.25) is 0 Å². The van der Waals surface area contributed by atoms with E-state index < -0.39 is 6.10 Å². The topological polar surface area (TPSA) is 58.6 Å². The van der Waals surface area contributed by atoms with Crippen LogP contribution in [0.5, 0.6) is 5.75 Å². The molecule has 1 aromatic rings. The molecule has 0 aliphatic carbocycles. The summed E-state index contributed by atoms with van der Waals surface area (Å²) in [6.07, 6.45) is -0.604. The minimum Gasteiger partial charge on any atom is -0.497 e. The molecule has 74 valence electrons. The summed E-state index contributed by atoms with van der Waals surface area (Å²) >= 11 is 0. The lowest BCUT2D eigenvalue weighted by Crippen LogP contribution is -2.34. The fourth-order valence-electron chi connectivity index (χ4n) is 1.50. The molecule has 1 atom stereocenters. The number of anilines is 1. The van der Waals surface area contributed by atoms with E-state index in [9.17, 15) is 9.90 Å². The number of aliphatic hydroxyl groups excluding tert-OH is 1. The third-order valence-corrected chi connectivity index (χ3v) is 2.29. The fourth-order valence-corrected chi connectivity index (χ4v) is 1.50. The number of fused-ring (bicyclic) bond motifs is 1. The molecule has 0 saturated carbocycles. The third kappa shape index (κ3) is 1.44. The molecule has 1 heterocycles. The van der Waals surface area contributed by atoms with E-state index in [1.165, 1.54) is 0 Å². The van der Waals surface area contributed by atoms with Gasteiger partial charge in [0, 0.05) is 12.1 Å². The molecule has 0 spiro atoms. The molecule has 1 aliphatic heterocycles. The SMILES string of the molecule is COc1ccc2c(c1)C[C@@H](O)C(=O)N2. The fraction of sp³-hybridized carbons (Fsp3) is 0.300. The highest BCUT2D eigenvalue weighted by Crippen LogP contribution is 2.26. The van der Waals surface area contributed by atoms with Crippen molar-refractivity contribution in [1.29, 1.82) is 0 Å². The highest BCUT2D eigenvalue weighted by Gasteiger charge is 2.23. The summed E-state index contributed by atoms with van der Waals surface area (Å²) < 4.78 is 5.05. The normalized spacial score (nSPS) is 19.9. The molecule has 4 nitrogen and oxygen atoms in total. The highest BCUT2D eigenvalue weighted by atomic mass is 16.5. The molecule has 0 aromatic heterocycles. The summed E-state index contributed by atoms with van der Waals surface area (Å²) in [5, 5.41) is 12.0. The number of nitrogens with one attached hydrogen (secondary N) is 1.